The number of carbonyl (C=O) groups is 1. The maximum Gasteiger partial charge on any atom is 0.379 e. The first-order chi connectivity index (χ1) is 19.8. The fourth-order valence-electron chi connectivity index (χ4n) is 4.80. The van der Waals surface area contributed by atoms with Crippen LogP contribution < -0.4 is 24.7 Å². The Balaban J connectivity index is 1.47. The molecule has 0 radical (unpaired) electrons. The monoisotopic (exact) mass is 572 g/mol. The number of rotatable bonds is 9. The van der Waals surface area contributed by atoms with Crippen molar-refractivity contribution < 1.29 is 28.2 Å². The average Bonchev–Trinajstić information content (AvgIpc) is 3.28. The molecule has 5 rings (SSSR count). The van der Waals surface area contributed by atoms with Gasteiger partial charge >= 0.3 is 5.97 Å². The van der Waals surface area contributed by atoms with Gasteiger partial charge in [0.05, 0.1) is 19.1 Å². The number of nitrogens with zero attached hydrogens (tertiary/aromatic N) is 1. The second-order valence-electron chi connectivity index (χ2n) is 9.55. The topological polar surface area (TPSA) is 117 Å². The standard InChI is InChI=1S/C32H29ClN2O6/c1-4-6-13-38-26-11-7-19(14-28(26)37-5-2)29-22-10-9-21(16-27(22)41-31(35)24(29)17-34)39-32(36)30-18(3)23-15-20(33)8-12-25(23)40-30/h7-12,14-16,29H,4-6,13,35H2,1-3H3. The number of ether oxygens (including phenoxy) is 4. The maximum atomic E-state index is 13.0. The highest BCUT2D eigenvalue weighted by atomic mass is 35.5. The lowest BCUT2D eigenvalue weighted by molar-refractivity contribution is 0.0702. The molecule has 0 saturated carbocycles. The number of esters is 1. The Kier molecular flexibility index (Phi) is 8.09. The van der Waals surface area contributed by atoms with Gasteiger partial charge in [0.2, 0.25) is 11.6 Å². The van der Waals surface area contributed by atoms with E-state index in [1.807, 2.05) is 25.1 Å². The highest BCUT2D eigenvalue weighted by Gasteiger charge is 2.32. The number of carbonyl (C=O) groups excluding carboxylic acids is 1. The van der Waals surface area contributed by atoms with Crippen molar-refractivity contribution >= 4 is 28.5 Å². The molecule has 1 unspecified atom stereocenters. The zero-order valence-corrected chi connectivity index (χ0v) is 23.7. The highest BCUT2D eigenvalue weighted by Crippen LogP contribution is 2.45. The molecule has 1 atom stereocenters. The third-order valence-corrected chi connectivity index (χ3v) is 7.08. The number of nitriles is 1. The molecule has 0 amide bonds. The van der Waals surface area contributed by atoms with Gasteiger partial charge in [-0.3, -0.25) is 0 Å². The van der Waals surface area contributed by atoms with Gasteiger partial charge in [-0.25, -0.2) is 4.79 Å². The Hall–Kier alpha value is -4.61. The van der Waals surface area contributed by atoms with Gasteiger partial charge in [0.15, 0.2) is 11.5 Å². The molecule has 1 aliphatic heterocycles. The molecule has 0 saturated heterocycles. The molecular weight excluding hydrogens is 544 g/mol. The summed E-state index contributed by atoms with van der Waals surface area (Å²) < 4.78 is 29.0. The number of unbranched alkanes of at least 4 members (excludes halogenated alkanes) is 1. The summed E-state index contributed by atoms with van der Waals surface area (Å²) in [6.45, 7) is 6.80. The van der Waals surface area contributed by atoms with Gasteiger partial charge in [-0.05, 0) is 62.2 Å². The van der Waals surface area contributed by atoms with E-state index < -0.39 is 11.9 Å². The predicted molar refractivity (Wildman–Crippen MR) is 155 cm³/mol. The molecule has 41 heavy (non-hydrogen) atoms. The van der Waals surface area contributed by atoms with E-state index in [0.717, 1.165) is 23.8 Å². The van der Waals surface area contributed by atoms with E-state index in [2.05, 4.69) is 13.0 Å². The van der Waals surface area contributed by atoms with Gasteiger partial charge in [-0.15, -0.1) is 0 Å². The lowest BCUT2D eigenvalue weighted by Gasteiger charge is -2.27. The van der Waals surface area contributed by atoms with Crippen LogP contribution in [0.15, 0.2) is 70.5 Å². The third-order valence-electron chi connectivity index (χ3n) is 6.84. The number of fused-ring (bicyclic) bond motifs is 2. The maximum absolute atomic E-state index is 13.0. The summed E-state index contributed by atoms with van der Waals surface area (Å²) in [5, 5.41) is 11.3. The number of furan rings is 1. The lowest BCUT2D eigenvalue weighted by Crippen LogP contribution is -2.21. The van der Waals surface area contributed by atoms with Crippen LogP contribution in [-0.2, 0) is 0 Å². The SMILES string of the molecule is CCCCOc1ccc(C2C(C#N)=C(N)Oc3cc(OC(=O)c4oc5ccc(Cl)cc5c4C)ccc32)cc1OCC. The molecule has 8 nitrogen and oxygen atoms in total. The van der Waals surface area contributed by atoms with Crippen LogP contribution >= 0.6 is 11.6 Å². The normalized spacial score (nSPS) is 14.3. The molecule has 4 aromatic rings. The Morgan fingerprint density at radius 3 is 2.66 bits per heavy atom. The van der Waals surface area contributed by atoms with Gasteiger partial charge < -0.3 is 29.1 Å². The minimum atomic E-state index is -0.664. The van der Waals surface area contributed by atoms with Crippen LogP contribution in [0.3, 0.4) is 0 Å². The van der Waals surface area contributed by atoms with E-state index in [-0.39, 0.29) is 23.0 Å². The van der Waals surface area contributed by atoms with Crippen LogP contribution in [0, 0.1) is 18.3 Å². The zero-order valence-electron chi connectivity index (χ0n) is 23.0. The van der Waals surface area contributed by atoms with Gasteiger partial charge in [0.1, 0.15) is 28.7 Å². The molecule has 0 aliphatic carbocycles. The minimum absolute atomic E-state index is 0.0280. The van der Waals surface area contributed by atoms with E-state index in [4.69, 9.17) is 40.7 Å². The average molecular weight is 573 g/mol. The first-order valence-corrected chi connectivity index (χ1v) is 13.7. The Morgan fingerprint density at radius 1 is 1.07 bits per heavy atom. The van der Waals surface area contributed by atoms with Crippen molar-refractivity contribution in [2.45, 2.75) is 39.5 Å². The summed E-state index contributed by atoms with van der Waals surface area (Å²) in [5.41, 5.74) is 9.09. The first-order valence-electron chi connectivity index (χ1n) is 13.4. The second kappa shape index (κ2) is 11.9. The molecule has 9 heteroatoms. The smallest absolute Gasteiger partial charge is 0.379 e. The lowest BCUT2D eigenvalue weighted by atomic mass is 9.83. The van der Waals surface area contributed by atoms with Crippen LogP contribution in [0.4, 0.5) is 0 Å². The van der Waals surface area contributed by atoms with Gasteiger partial charge in [0.25, 0.3) is 0 Å². The molecule has 0 bridgehead atoms. The molecule has 0 spiro atoms. The van der Waals surface area contributed by atoms with Crippen molar-refractivity contribution in [2.24, 2.45) is 5.73 Å². The number of nitrogens with two attached hydrogens (primary N) is 1. The van der Waals surface area contributed by atoms with Crippen molar-refractivity contribution in [3.63, 3.8) is 0 Å². The van der Waals surface area contributed by atoms with Crippen molar-refractivity contribution in [2.75, 3.05) is 13.2 Å². The number of benzene rings is 3. The van der Waals surface area contributed by atoms with Crippen LogP contribution in [0.1, 0.15) is 59.9 Å². The molecule has 1 aromatic heterocycles. The summed E-state index contributed by atoms with van der Waals surface area (Å²) in [6.07, 6.45) is 1.94. The summed E-state index contributed by atoms with van der Waals surface area (Å²) in [5.74, 6) is 0.673. The quantitative estimate of drug-likeness (QED) is 0.125. The predicted octanol–water partition coefficient (Wildman–Crippen LogP) is 7.41. The van der Waals surface area contributed by atoms with Crippen LogP contribution in [0.5, 0.6) is 23.0 Å². The van der Waals surface area contributed by atoms with E-state index >= 15 is 0 Å². The number of allylic oxidation sites excluding steroid dienone is 1. The summed E-state index contributed by atoms with van der Waals surface area (Å²) >= 11 is 6.10. The van der Waals surface area contributed by atoms with Crippen LogP contribution in [0.2, 0.25) is 5.02 Å². The number of hydrogen-bond acceptors (Lipinski definition) is 8. The largest absolute Gasteiger partial charge is 0.490 e. The second-order valence-corrected chi connectivity index (χ2v) is 9.99. The van der Waals surface area contributed by atoms with E-state index in [1.54, 1.807) is 43.3 Å². The van der Waals surface area contributed by atoms with Crippen molar-refractivity contribution in [3.05, 3.63) is 93.5 Å². The zero-order chi connectivity index (χ0) is 29.1. The molecule has 1 aliphatic rings. The van der Waals surface area contributed by atoms with Gasteiger partial charge in [-0.2, -0.15) is 5.26 Å². The Morgan fingerprint density at radius 2 is 1.90 bits per heavy atom. The fourth-order valence-corrected chi connectivity index (χ4v) is 4.97. The van der Waals surface area contributed by atoms with E-state index in [9.17, 15) is 10.1 Å². The summed E-state index contributed by atoms with van der Waals surface area (Å²) in [4.78, 5) is 13.0. The number of aryl methyl sites for hydroxylation is 1. The van der Waals surface area contributed by atoms with E-state index in [1.165, 1.54) is 0 Å². The molecule has 2 N–H and O–H groups in total. The van der Waals surface area contributed by atoms with Crippen LogP contribution in [0.25, 0.3) is 11.0 Å². The fraction of sp³-hybridized carbons (Fsp3) is 0.250. The molecular formula is C32H29ClN2O6. The van der Waals surface area contributed by atoms with Crippen molar-refractivity contribution in [3.8, 4) is 29.1 Å². The molecule has 210 valence electrons. The van der Waals surface area contributed by atoms with Crippen molar-refractivity contribution in [1.29, 1.82) is 5.26 Å². The molecule has 3 aromatic carbocycles. The van der Waals surface area contributed by atoms with Gasteiger partial charge in [0, 0.05) is 27.6 Å². The van der Waals surface area contributed by atoms with E-state index in [0.29, 0.717) is 52.2 Å². The highest BCUT2D eigenvalue weighted by molar-refractivity contribution is 6.31. The first kappa shape index (κ1) is 27.9. The molecule has 2 heterocycles. The summed E-state index contributed by atoms with van der Waals surface area (Å²) in [6, 6.07) is 17.9. The minimum Gasteiger partial charge on any atom is -0.490 e. The summed E-state index contributed by atoms with van der Waals surface area (Å²) in [7, 11) is 0. The van der Waals surface area contributed by atoms with Gasteiger partial charge in [-0.1, -0.05) is 37.1 Å². The number of hydrogen-bond donors (Lipinski definition) is 1. The van der Waals surface area contributed by atoms with Crippen molar-refractivity contribution in [1.82, 2.24) is 0 Å². The molecule has 0 fully saturated rings. The Labute approximate surface area is 242 Å². The van der Waals surface area contributed by atoms with Crippen LogP contribution in [-0.4, -0.2) is 19.2 Å². The number of halogens is 1. The third kappa shape index (κ3) is 5.54. The Bertz CT molecular complexity index is 1700.